The van der Waals surface area contributed by atoms with E-state index < -0.39 is 7.41 Å². The second-order valence-corrected chi connectivity index (χ2v) is 9.19. The van der Waals surface area contributed by atoms with Crippen molar-refractivity contribution in [1.82, 2.24) is 4.67 Å². The first kappa shape index (κ1) is 15.3. The van der Waals surface area contributed by atoms with Gasteiger partial charge in [0.1, 0.15) is 0 Å². The number of nitrogens with zero attached hydrogens (tertiary/aromatic N) is 1. The van der Waals surface area contributed by atoms with E-state index >= 15 is 0 Å². The Bertz CT molecular complexity index is 109. The summed E-state index contributed by atoms with van der Waals surface area (Å²) < 4.78 is 2.61. The summed E-state index contributed by atoms with van der Waals surface area (Å²) in [6, 6.07) is 0. The third-order valence-electron chi connectivity index (χ3n) is 1.80. The van der Waals surface area contributed by atoms with Gasteiger partial charge in [-0.25, -0.2) is 0 Å². The molecule has 0 aliphatic heterocycles. The maximum atomic E-state index is 2.61. The molecular formula is C9H23BrNP. The summed E-state index contributed by atoms with van der Waals surface area (Å²) in [7, 11) is -0.814. The van der Waals surface area contributed by atoms with Crippen LogP contribution in [0.4, 0.5) is 0 Å². The molecule has 12 heavy (non-hydrogen) atoms. The first-order valence-electron chi connectivity index (χ1n) is 4.29. The molecule has 0 aliphatic carbocycles. The topological polar surface area (TPSA) is 3.24 Å². The van der Waals surface area contributed by atoms with Gasteiger partial charge in [0.15, 0.2) is 0 Å². The second-order valence-electron chi connectivity index (χ2n) is 4.83. The Labute approximate surface area is 89.1 Å². The summed E-state index contributed by atoms with van der Waals surface area (Å²) in [6.07, 6.45) is 0. The van der Waals surface area contributed by atoms with Gasteiger partial charge in [-0.1, -0.05) is 0 Å². The van der Waals surface area contributed by atoms with Crippen LogP contribution in [0.3, 0.4) is 0 Å². The molecule has 0 N–H and O–H groups in total. The lowest BCUT2D eigenvalue weighted by Gasteiger charge is -2.38. The van der Waals surface area contributed by atoms with E-state index in [4.69, 9.17) is 0 Å². The van der Waals surface area contributed by atoms with Gasteiger partial charge in [-0.05, 0) is 27.7 Å². The average Bonchev–Trinajstić information content (AvgIpc) is 1.56. The van der Waals surface area contributed by atoms with Crippen LogP contribution in [0.5, 0.6) is 0 Å². The van der Waals surface area contributed by atoms with Crippen molar-refractivity contribution in [3.05, 3.63) is 0 Å². The van der Waals surface area contributed by atoms with Crippen molar-refractivity contribution >= 4 is 7.41 Å². The Morgan fingerprint density at radius 3 is 1.42 bits per heavy atom. The highest BCUT2D eigenvalue weighted by Gasteiger charge is 2.35. The van der Waals surface area contributed by atoms with Crippen molar-refractivity contribution < 1.29 is 17.0 Å². The fraction of sp³-hybridized carbons (Fsp3) is 1.00. The molecule has 0 atom stereocenters. The van der Waals surface area contributed by atoms with E-state index in [2.05, 4.69) is 52.4 Å². The van der Waals surface area contributed by atoms with E-state index in [1.807, 2.05) is 0 Å². The first-order chi connectivity index (χ1) is 4.69. The maximum absolute atomic E-state index is 2.61. The quantitative estimate of drug-likeness (QED) is 0.625. The van der Waals surface area contributed by atoms with Gasteiger partial charge in [-0.15, -0.1) is 0 Å². The SMILES string of the molecule is CCN(C(C)(C)C)[P+](C)(C)C.[Br-]. The molecule has 76 valence electrons. The smallest absolute Gasteiger partial charge is 0.0747 e. The van der Waals surface area contributed by atoms with Crippen LogP contribution in [-0.4, -0.2) is 36.7 Å². The van der Waals surface area contributed by atoms with Crippen molar-refractivity contribution in [2.45, 2.75) is 33.2 Å². The van der Waals surface area contributed by atoms with E-state index in [-0.39, 0.29) is 17.0 Å². The molecule has 0 aliphatic rings. The van der Waals surface area contributed by atoms with Crippen molar-refractivity contribution in [3.63, 3.8) is 0 Å². The molecule has 0 aromatic heterocycles. The lowest BCUT2D eigenvalue weighted by molar-refractivity contribution is -0.00000419. The van der Waals surface area contributed by atoms with Crippen LogP contribution in [0.25, 0.3) is 0 Å². The molecule has 0 saturated carbocycles. The minimum absolute atomic E-state index is 0. The zero-order valence-corrected chi connectivity index (χ0v) is 12.0. The summed E-state index contributed by atoms with van der Waals surface area (Å²) >= 11 is 0. The van der Waals surface area contributed by atoms with Gasteiger partial charge < -0.3 is 17.0 Å². The number of halogens is 1. The van der Waals surface area contributed by atoms with E-state index in [1.165, 1.54) is 6.54 Å². The summed E-state index contributed by atoms with van der Waals surface area (Å²) in [5.41, 5.74) is 0.334. The molecular weight excluding hydrogens is 233 g/mol. The molecule has 0 saturated heterocycles. The minimum atomic E-state index is -0.814. The zero-order chi connectivity index (χ0) is 9.28. The summed E-state index contributed by atoms with van der Waals surface area (Å²) in [5, 5.41) is 0. The summed E-state index contributed by atoms with van der Waals surface area (Å²) in [4.78, 5) is 0. The number of hydrogen-bond acceptors (Lipinski definition) is 1. The average molecular weight is 256 g/mol. The van der Waals surface area contributed by atoms with Crippen molar-refractivity contribution in [1.29, 1.82) is 0 Å². The Balaban J connectivity index is 0. The molecule has 0 fully saturated rings. The molecule has 0 aromatic carbocycles. The molecule has 0 radical (unpaired) electrons. The van der Waals surface area contributed by atoms with Gasteiger partial charge in [0.05, 0.1) is 27.4 Å². The molecule has 0 spiro atoms. The van der Waals surface area contributed by atoms with E-state index in [1.54, 1.807) is 0 Å². The highest BCUT2D eigenvalue weighted by Crippen LogP contribution is 2.54. The number of hydrogen-bond donors (Lipinski definition) is 0. The second kappa shape index (κ2) is 4.93. The van der Waals surface area contributed by atoms with Crippen LogP contribution in [0.1, 0.15) is 27.7 Å². The van der Waals surface area contributed by atoms with E-state index in [0.717, 1.165) is 0 Å². The van der Waals surface area contributed by atoms with Crippen LogP contribution in [0, 0.1) is 0 Å². The fourth-order valence-corrected chi connectivity index (χ4v) is 4.45. The van der Waals surface area contributed by atoms with Crippen LogP contribution >= 0.6 is 7.41 Å². The molecule has 3 heteroatoms. The molecule has 0 unspecified atom stereocenters. The van der Waals surface area contributed by atoms with Crippen LogP contribution in [0.15, 0.2) is 0 Å². The highest BCUT2D eigenvalue weighted by atomic mass is 79.9. The van der Waals surface area contributed by atoms with Gasteiger partial charge in [0.2, 0.25) is 0 Å². The van der Waals surface area contributed by atoms with E-state index in [0.29, 0.717) is 5.54 Å². The third kappa shape index (κ3) is 4.79. The molecule has 0 rings (SSSR count). The van der Waals surface area contributed by atoms with Gasteiger partial charge in [0.25, 0.3) is 0 Å². The summed E-state index contributed by atoms with van der Waals surface area (Å²) in [6.45, 7) is 17.4. The normalized spacial score (nSPS) is 13.0. The van der Waals surface area contributed by atoms with Gasteiger partial charge in [-0.3, -0.25) is 0 Å². The number of rotatable bonds is 2. The standard InChI is InChI=1S/C9H23NP.BrH/c1-8-10(9(2,3)4)11(5,6)7;/h8H2,1-7H3;1H/q+1;/p-1. The van der Waals surface area contributed by atoms with Gasteiger partial charge in [0, 0.05) is 12.1 Å². The van der Waals surface area contributed by atoms with Crippen molar-refractivity contribution in [2.75, 3.05) is 26.5 Å². The maximum Gasteiger partial charge on any atom is 0.0747 e. The molecule has 1 nitrogen and oxygen atoms in total. The highest BCUT2D eigenvalue weighted by molar-refractivity contribution is 7.71. The lowest BCUT2D eigenvalue weighted by Crippen LogP contribution is -3.00. The van der Waals surface area contributed by atoms with Crippen LogP contribution < -0.4 is 17.0 Å². The molecule has 0 aromatic rings. The molecule has 0 amide bonds. The minimum Gasteiger partial charge on any atom is -1.00 e. The Morgan fingerprint density at radius 1 is 1.08 bits per heavy atom. The first-order valence-corrected chi connectivity index (χ1v) is 7.37. The summed E-state index contributed by atoms with van der Waals surface area (Å²) in [5.74, 6) is 0. The fourth-order valence-electron chi connectivity index (χ4n) is 1.80. The van der Waals surface area contributed by atoms with E-state index in [9.17, 15) is 0 Å². The third-order valence-corrected chi connectivity index (χ3v) is 4.13. The lowest BCUT2D eigenvalue weighted by atomic mass is 10.1. The van der Waals surface area contributed by atoms with Crippen molar-refractivity contribution in [3.8, 4) is 0 Å². The zero-order valence-electron chi connectivity index (χ0n) is 9.48. The Kier molecular flexibility index (Phi) is 6.30. The van der Waals surface area contributed by atoms with Crippen LogP contribution in [-0.2, 0) is 0 Å². The predicted octanol–water partition coefficient (Wildman–Crippen LogP) is -0.0672. The van der Waals surface area contributed by atoms with Crippen molar-refractivity contribution in [2.24, 2.45) is 0 Å². The van der Waals surface area contributed by atoms with Crippen LogP contribution in [0.2, 0.25) is 0 Å². The Hall–Kier alpha value is 0.870. The van der Waals surface area contributed by atoms with Gasteiger partial charge >= 0.3 is 0 Å². The largest absolute Gasteiger partial charge is 1.00 e. The van der Waals surface area contributed by atoms with Gasteiger partial charge in [-0.2, -0.15) is 4.67 Å². The molecule has 0 bridgehead atoms. The molecule has 0 heterocycles. The Morgan fingerprint density at radius 2 is 1.42 bits per heavy atom. The monoisotopic (exact) mass is 255 g/mol. The predicted molar refractivity (Wildman–Crippen MR) is 56.8 cm³/mol.